The lowest BCUT2D eigenvalue weighted by Gasteiger charge is -2.43. The van der Waals surface area contributed by atoms with Gasteiger partial charge in [0.25, 0.3) is 5.91 Å². The fourth-order valence-corrected chi connectivity index (χ4v) is 7.47. The summed E-state index contributed by atoms with van der Waals surface area (Å²) in [5.74, 6) is -1.85. The number of carboxylic acid groups (broad SMARTS) is 1. The molecule has 0 radical (unpaired) electrons. The normalized spacial score (nSPS) is 22.1. The molecule has 11 heteroatoms. The minimum Gasteiger partial charge on any atom is -0.484 e. The maximum Gasteiger partial charge on any atom is 0.307 e. The molecule has 1 fully saturated rings. The number of ether oxygens (including phenoxy) is 1. The first-order valence-corrected chi connectivity index (χ1v) is 16.2. The summed E-state index contributed by atoms with van der Waals surface area (Å²) in [5.41, 5.74) is 4.18. The van der Waals surface area contributed by atoms with Crippen LogP contribution >= 0.6 is 15.9 Å². The maximum absolute atomic E-state index is 14.4. The lowest BCUT2D eigenvalue weighted by molar-refractivity contribution is -0.153. The summed E-state index contributed by atoms with van der Waals surface area (Å²) in [5, 5.41) is 18.6. The molecule has 4 atom stereocenters. The van der Waals surface area contributed by atoms with Gasteiger partial charge in [-0.1, -0.05) is 52.2 Å². The van der Waals surface area contributed by atoms with E-state index in [-0.39, 0.29) is 24.4 Å². The van der Waals surface area contributed by atoms with Crippen LogP contribution in [0.2, 0.25) is 0 Å². The van der Waals surface area contributed by atoms with Crippen LogP contribution in [-0.2, 0) is 22.6 Å². The minimum atomic E-state index is -0.919. The molecule has 3 aliphatic rings. The van der Waals surface area contributed by atoms with Crippen molar-refractivity contribution in [3.05, 3.63) is 75.0 Å². The second-order valence-corrected chi connectivity index (χ2v) is 13.2. The molecule has 1 saturated carbocycles. The zero-order chi connectivity index (χ0) is 31.1. The molecule has 10 nitrogen and oxygen atoms in total. The number of nitrogens with zero attached hydrogens (tertiary/aromatic N) is 5. The van der Waals surface area contributed by atoms with E-state index in [0.717, 1.165) is 34.0 Å². The lowest BCUT2D eigenvalue weighted by atomic mass is 9.77. The Kier molecular flexibility index (Phi) is 8.50. The van der Waals surface area contributed by atoms with E-state index in [1.54, 1.807) is 9.58 Å². The molecule has 232 valence electrons. The van der Waals surface area contributed by atoms with Crippen LogP contribution in [0.4, 0.5) is 0 Å². The number of aromatic nitrogens is 3. The number of benzene rings is 2. The number of halogens is 1. The van der Waals surface area contributed by atoms with Gasteiger partial charge >= 0.3 is 5.97 Å². The van der Waals surface area contributed by atoms with Crippen LogP contribution in [-0.4, -0.2) is 60.8 Å². The van der Waals surface area contributed by atoms with E-state index < -0.39 is 30.0 Å². The molecule has 44 heavy (non-hydrogen) atoms. The molecule has 1 aromatic heterocycles. The van der Waals surface area contributed by atoms with Crippen molar-refractivity contribution >= 4 is 33.7 Å². The number of carbonyl (C=O) groups is 3. The second-order valence-electron chi connectivity index (χ2n) is 12.4. The third-order valence-electron chi connectivity index (χ3n) is 9.32. The van der Waals surface area contributed by atoms with Crippen LogP contribution < -0.4 is 4.74 Å². The first-order valence-electron chi connectivity index (χ1n) is 15.4. The van der Waals surface area contributed by atoms with Crippen molar-refractivity contribution in [2.45, 2.75) is 77.6 Å². The molecule has 6 rings (SSSR count). The minimum absolute atomic E-state index is 0.0719. The highest BCUT2D eigenvalue weighted by Gasteiger charge is 2.44. The van der Waals surface area contributed by atoms with Gasteiger partial charge in [-0.05, 0) is 69.4 Å². The Morgan fingerprint density at radius 3 is 2.55 bits per heavy atom. The quantitative estimate of drug-likeness (QED) is 0.327. The predicted octanol–water partition coefficient (Wildman–Crippen LogP) is 5.73. The summed E-state index contributed by atoms with van der Waals surface area (Å²) in [7, 11) is 0. The van der Waals surface area contributed by atoms with E-state index in [9.17, 15) is 19.5 Å². The van der Waals surface area contributed by atoms with Crippen molar-refractivity contribution in [1.29, 1.82) is 0 Å². The van der Waals surface area contributed by atoms with Gasteiger partial charge in [-0.15, -0.1) is 5.10 Å². The third kappa shape index (κ3) is 5.62. The van der Waals surface area contributed by atoms with Crippen LogP contribution in [0.25, 0.3) is 0 Å². The highest BCUT2D eigenvalue weighted by molar-refractivity contribution is 9.10. The highest BCUT2D eigenvalue weighted by atomic mass is 79.9. The summed E-state index contributed by atoms with van der Waals surface area (Å²) < 4.78 is 9.29. The average Bonchev–Trinajstić information content (AvgIpc) is 3.64. The summed E-state index contributed by atoms with van der Waals surface area (Å²) in [4.78, 5) is 43.7. The van der Waals surface area contributed by atoms with Crippen molar-refractivity contribution in [2.75, 3.05) is 13.1 Å². The topological polar surface area (TPSA) is 118 Å². The fraction of sp³-hybridized carbons (Fsp3) is 0.485. The molecule has 3 aromatic rings. The van der Waals surface area contributed by atoms with Crippen LogP contribution in [0.15, 0.2) is 47.1 Å². The van der Waals surface area contributed by atoms with E-state index in [0.29, 0.717) is 49.4 Å². The van der Waals surface area contributed by atoms with Gasteiger partial charge in [0, 0.05) is 41.3 Å². The van der Waals surface area contributed by atoms with Gasteiger partial charge < -0.3 is 19.6 Å². The Morgan fingerprint density at radius 2 is 1.84 bits per heavy atom. The lowest BCUT2D eigenvalue weighted by Crippen LogP contribution is -2.50. The number of fused-ring (bicyclic) bond motifs is 2. The highest BCUT2D eigenvalue weighted by Crippen LogP contribution is 2.44. The Balaban J connectivity index is 1.39. The van der Waals surface area contributed by atoms with E-state index in [4.69, 9.17) is 4.74 Å². The molecule has 1 aliphatic carbocycles. The van der Waals surface area contributed by atoms with Gasteiger partial charge in [0.15, 0.2) is 0 Å². The number of carboxylic acids is 1. The summed E-state index contributed by atoms with van der Waals surface area (Å²) in [6.07, 6.45) is 4.70. The predicted molar refractivity (Wildman–Crippen MR) is 166 cm³/mol. The molecule has 2 aromatic carbocycles. The Bertz CT molecular complexity index is 1590. The van der Waals surface area contributed by atoms with E-state index >= 15 is 0 Å². The number of carbonyl (C=O) groups excluding carboxylic acids is 2. The monoisotopic (exact) mass is 663 g/mol. The Hall–Kier alpha value is -3.73. The molecular formula is C33H38BrN5O5. The SMILES string of the molecule is CC(Oc1ccc(Br)c2c1[C@@H](CN1Cc3ccccc3C1=O)N(C(=O)C1CCCCC1C(=O)O)CC2)c1cn(C(C)C)nn1. The van der Waals surface area contributed by atoms with Crippen LogP contribution in [0, 0.1) is 11.8 Å². The molecule has 3 unspecified atom stereocenters. The second kappa shape index (κ2) is 12.3. The first kappa shape index (κ1) is 30.3. The van der Waals surface area contributed by atoms with Gasteiger partial charge in [-0.3, -0.25) is 14.4 Å². The molecular weight excluding hydrogens is 626 g/mol. The zero-order valence-corrected chi connectivity index (χ0v) is 26.9. The Morgan fingerprint density at radius 1 is 1.09 bits per heavy atom. The maximum atomic E-state index is 14.4. The summed E-state index contributed by atoms with van der Waals surface area (Å²) in [6.45, 7) is 7.12. The summed E-state index contributed by atoms with van der Waals surface area (Å²) >= 11 is 3.74. The van der Waals surface area contributed by atoms with Crippen molar-refractivity contribution in [3.8, 4) is 5.75 Å². The molecule has 1 N–H and O–H groups in total. The van der Waals surface area contributed by atoms with E-state index in [1.165, 1.54) is 0 Å². The fourth-order valence-electron chi connectivity index (χ4n) is 6.92. The van der Waals surface area contributed by atoms with Gasteiger partial charge in [-0.25, -0.2) is 4.68 Å². The van der Waals surface area contributed by atoms with Gasteiger partial charge in [0.2, 0.25) is 5.91 Å². The smallest absolute Gasteiger partial charge is 0.307 e. The van der Waals surface area contributed by atoms with Crippen molar-refractivity contribution in [1.82, 2.24) is 24.8 Å². The van der Waals surface area contributed by atoms with Crippen molar-refractivity contribution in [3.63, 3.8) is 0 Å². The summed E-state index contributed by atoms with van der Waals surface area (Å²) in [6, 6.07) is 11.1. The molecule has 2 amide bonds. The van der Waals surface area contributed by atoms with Gasteiger partial charge in [0.1, 0.15) is 17.5 Å². The van der Waals surface area contributed by atoms with Crippen LogP contribution in [0.1, 0.15) is 97.4 Å². The van der Waals surface area contributed by atoms with Crippen LogP contribution in [0.5, 0.6) is 5.75 Å². The molecule has 0 spiro atoms. The third-order valence-corrected chi connectivity index (χ3v) is 10.1. The van der Waals surface area contributed by atoms with Gasteiger partial charge in [-0.2, -0.15) is 0 Å². The first-order chi connectivity index (χ1) is 21.1. The molecule has 0 bridgehead atoms. The number of hydrogen-bond acceptors (Lipinski definition) is 6. The molecule has 3 heterocycles. The number of amides is 2. The average molecular weight is 665 g/mol. The number of hydrogen-bond donors (Lipinski definition) is 1. The number of rotatable bonds is 8. The van der Waals surface area contributed by atoms with E-state index in [1.807, 2.05) is 68.3 Å². The molecule has 2 aliphatic heterocycles. The zero-order valence-electron chi connectivity index (χ0n) is 25.3. The van der Waals surface area contributed by atoms with Crippen LogP contribution in [0.3, 0.4) is 0 Å². The van der Waals surface area contributed by atoms with Crippen molar-refractivity contribution in [2.24, 2.45) is 11.8 Å². The number of aliphatic carboxylic acids is 1. The molecule has 0 saturated heterocycles. The van der Waals surface area contributed by atoms with Crippen molar-refractivity contribution < 1.29 is 24.2 Å². The van der Waals surface area contributed by atoms with E-state index in [2.05, 4.69) is 26.2 Å². The largest absolute Gasteiger partial charge is 0.484 e. The standard InChI is InChI=1S/C33H38BrN5O5/c1-19(2)39-17-27(35-36-39)20(3)44-29-13-12-26(34)25-14-15-38(32(41)23-10-6-7-11-24(23)33(42)43)28(30(25)29)18-37-16-21-8-4-5-9-22(21)31(37)40/h4-5,8-9,12-13,17,19-20,23-24,28H,6-7,10-11,14-16,18H2,1-3H3,(H,42,43)/t20?,23?,24?,28-/m1/s1. The Labute approximate surface area is 265 Å². The van der Waals surface area contributed by atoms with Gasteiger partial charge in [0.05, 0.1) is 24.1 Å².